The number of halogens is 2. The Bertz CT molecular complexity index is 795. The molecule has 1 amide bonds. The maximum absolute atomic E-state index is 12.2. The molecule has 1 aromatic heterocycles. The standard InChI is InChI=1S/C16H17Cl2NO4S/c1-16(2,3)19-10(20)7-23-15(21)14-11(17)8-5-6-9(22-4)12(18)13(8)24-14/h5-6H,7H2,1-4H3,(H,19,20). The van der Waals surface area contributed by atoms with E-state index < -0.39 is 11.5 Å². The van der Waals surface area contributed by atoms with Gasteiger partial charge in [0.05, 0.1) is 16.8 Å². The van der Waals surface area contributed by atoms with Gasteiger partial charge in [-0.25, -0.2) is 4.79 Å². The number of methoxy groups -OCH3 is 1. The summed E-state index contributed by atoms with van der Waals surface area (Å²) in [5.41, 5.74) is -0.400. The Labute approximate surface area is 153 Å². The predicted molar refractivity (Wildman–Crippen MR) is 96.6 cm³/mol. The minimum Gasteiger partial charge on any atom is -0.495 e. The SMILES string of the molecule is COc1ccc2c(Cl)c(C(=O)OCC(=O)NC(C)(C)C)sc2c1Cl. The molecule has 0 unspecified atom stereocenters. The molecule has 24 heavy (non-hydrogen) atoms. The van der Waals surface area contributed by atoms with E-state index in [0.717, 1.165) is 11.3 Å². The number of nitrogens with one attached hydrogen (secondary N) is 1. The summed E-state index contributed by atoms with van der Waals surface area (Å²) in [5.74, 6) is -0.556. The van der Waals surface area contributed by atoms with Crippen LogP contribution in [0, 0.1) is 0 Å². The zero-order chi connectivity index (χ0) is 18.1. The minimum atomic E-state index is -0.666. The first-order valence-corrected chi connectivity index (χ1v) is 8.64. The summed E-state index contributed by atoms with van der Waals surface area (Å²) < 4.78 is 10.8. The first-order valence-electron chi connectivity index (χ1n) is 7.06. The summed E-state index contributed by atoms with van der Waals surface area (Å²) in [7, 11) is 1.51. The molecule has 1 aromatic carbocycles. The van der Waals surface area contributed by atoms with E-state index in [9.17, 15) is 9.59 Å². The molecule has 2 aromatic rings. The van der Waals surface area contributed by atoms with Gasteiger partial charge in [-0.1, -0.05) is 23.2 Å². The van der Waals surface area contributed by atoms with Crippen molar-refractivity contribution >= 4 is 56.5 Å². The van der Waals surface area contributed by atoms with E-state index in [1.807, 2.05) is 20.8 Å². The van der Waals surface area contributed by atoms with Gasteiger partial charge in [-0.15, -0.1) is 11.3 Å². The summed E-state index contributed by atoms with van der Waals surface area (Å²) in [6, 6.07) is 3.40. The predicted octanol–water partition coefficient (Wildman–Crippen LogP) is 4.29. The number of benzene rings is 1. The van der Waals surface area contributed by atoms with E-state index in [4.69, 9.17) is 32.7 Å². The van der Waals surface area contributed by atoms with Gasteiger partial charge in [-0.2, -0.15) is 0 Å². The van der Waals surface area contributed by atoms with Crippen LogP contribution in [0.2, 0.25) is 10.0 Å². The second-order valence-corrected chi connectivity index (χ2v) is 7.85. The Morgan fingerprint density at radius 1 is 1.21 bits per heavy atom. The van der Waals surface area contributed by atoms with E-state index in [0.29, 0.717) is 20.9 Å². The van der Waals surface area contributed by atoms with E-state index in [2.05, 4.69) is 5.32 Å². The molecule has 2 rings (SSSR count). The zero-order valence-corrected chi connectivity index (χ0v) is 16.0. The van der Waals surface area contributed by atoms with Crippen molar-refractivity contribution in [2.24, 2.45) is 0 Å². The highest BCUT2D eigenvalue weighted by atomic mass is 35.5. The molecule has 0 saturated carbocycles. The molecular formula is C16H17Cl2NO4S. The van der Waals surface area contributed by atoms with Crippen molar-refractivity contribution in [1.82, 2.24) is 5.32 Å². The van der Waals surface area contributed by atoms with Crippen LogP contribution >= 0.6 is 34.5 Å². The zero-order valence-electron chi connectivity index (χ0n) is 13.7. The largest absolute Gasteiger partial charge is 0.495 e. The molecular weight excluding hydrogens is 373 g/mol. The van der Waals surface area contributed by atoms with Gasteiger partial charge < -0.3 is 14.8 Å². The molecule has 1 heterocycles. The first-order chi connectivity index (χ1) is 11.1. The molecule has 0 radical (unpaired) electrons. The van der Waals surface area contributed by atoms with Crippen molar-refractivity contribution in [2.45, 2.75) is 26.3 Å². The minimum absolute atomic E-state index is 0.199. The van der Waals surface area contributed by atoms with Crippen molar-refractivity contribution in [3.8, 4) is 5.75 Å². The van der Waals surface area contributed by atoms with Crippen LogP contribution in [0.5, 0.6) is 5.75 Å². The lowest BCUT2D eigenvalue weighted by atomic mass is 10.1. The third-order valence-corrected chi connectivity index (χ3v) is 5.15. The molecule has 0 fully saturated rings. The van der Waals surface area contributed by atoms with Crippen LogP contribution < -0.4 is 10.1 Å². The normalized spacial score (nSPS) is 11.4. The maximum atomic E-state index is 12.2. The molecule has 130 valence electrons. The molecule has 5 nitrogen and oxygen atoms in total. The average molecular weight is 390 g/mol. The lowest BCUT2D eigenvalue weighted by Gasteiger charge is -2.20. The number of thiophene rings is 1. The van der Waals surface area contributed by atoms with E-state index >= 15 is 0 Å². The van der Waals surface area contributed by atoms with Gasteiger partial charge in [0.15, 0.2) is 6.61 Å². The summed E-state index contributed by atoms with van der Waals surface area (Å²) in [5, 5.41) is 3.98. The van der Waals surface area contributed by atoms with Crippen LogP contribution in [0.15, 0.2) is 12.1 Å². The summed E-state index contributed by atoms with van der Waals surface area (Å²) >= 11 is 13.6. The van der Waals surface area contributed by atoms with E-state index in [1.54, 1.807) is 12.1 Å². The van der Waals surface area contributed by atoms with E-state index in [1.165, 1.54) is 7.11 Å². The molecule has 0 aliphatic rings. The van der Waals surface area contributed by atoms with Crippen LogP contribution in [-0.2, 0) is 9.53 Å². The summed E-state index contributed by atoms with van der Waals surface area (Å²) in [4.78, 5) is 24.2. The molecule has 1 N–H and O–H groups in total. The number of rotatable bonds is 4. The molecule has 0 spiro atoms. The molecule has 0 saturated heterocycles. The van der Waals surface area contributed by atoms with Crippen LogP contribution in [0.4, 0.5) is 0 Å². The summed E-state index contributed by atoms with van der Waals surface area (Å²) in [6.07, 6.45) is 0. The number of ether oxygens (including phenoxy) is 2. The quantitative estimate of drug-likeness (QED) is 0.792. The molecule has 0 aliphatic carbocycles. The van der Waals surface area contributed by atoms with Gasteiger partial charge in [0, 0.05) is 10.9 Å². The van der Waals surface area contributed by atoms with Crippen molar-refractivity contribution in [3.63, 3.8) is 0 Å². The maximum Gasteiger partial charge on any atom is 0.350 e. The van der Waals surface area contributed by atoms with Crippen molar-refractivity contribution in [1.29, 1.82) is 0 Å². The monoisotopic (exact) mass is 389 g/mol. The first kappa shape index (κ1) is 18.8. The van der Waals surface area contributed by atoms with Gasteiger partial charge in [-0.3, -0.25) is 4.79 Å². The molecule has 0 aliphatic heterocycles. The lowest BCUT2D eigenvalue weighted by molar-refractivity contribution is -0.125. The number of carbonyl (C=O) groups excluding carboxylic acids is 2. The van der Waals surface area contributed by atoms with Crippen LogP contribution in [-0.4, -0.2) is 31.1 Å². The van der Waals surface area contributed by atoms with Gasteiger partial charge in [0.1, 0.15) is 15.6 Å². The van der Waals surface area contributed by atoms with Crippen molar-refractivity contribution < 1.29 is 19.1 Å². The lowest BCUT2D eigenvalue weighted by Crippen LogP contribution is -2.42. The average Bonchev–Trinajstić information content (AvgIpc) is 2.82. The number of fused-ring (bicyclic) bond motifs is 1. The Kier molecular flexibility index (Phi) is 5.63. The number of hydrogen-bond donors (Lipinski definition) is 1. The summed E-state index contributed by atoms with van der Waals surface area (Å²) in [6.45, 7) is 5.14. The van der Waals surface area contributed by atoms with Crippen molar-refractivity contribution in [3.05, 3.63) is 27.1 Å². The van der Waals surface area contributed by atoms with E-state index in [-0.39, 0.29) is 22.4 Å². The van der Waals surface area contributed by atoms with Crippen molar-refractivity contribution in [2.75, 3.05) is 13.7 Å². The van der Waals surface area contributed by atoms with Crippen LogP contribution in [0.3, 0.4) is 0 Å². The van der Waals surface area contributed by atoms with Crippen LogP contribution in [0.1, 0.15) is 30.4 Å². The highest BCUT2D eigenvalue weighted by Gasteiger charge is 2.22. The Hall–Kier alpha value is -1.50. The van der Waals surface area contributed by atoms with Gasteiger partial charge in [0.25, 0.3) is 5.91 Å². The Morgan fingerprint density at radius 2 is 1.88 bits per heavy atom. The molecule has 8 heteroatoms. The Morgan fingerprint density at radius 3 is 2.46 bits per heavy atom. The Balaban J connectivity index is 2.20. The molecule has 0 atom stereocenters. The fourth-order valence-electron chi connectivity index (χ4n) is 2.02. The number of amides is 1. The van der Waals surface area contributed by atoms with Gasteiger partial charge in [-0.05, 0) is 32.9 Å². The number of hydrogen-bond acceptors (Lipinski definition) is 5. The smallest absolute Gasteiger partial charge is 0.350 e. The number of carbonyl (C=O) groups is 2. The third kappa shape index (κ3) is 4.12. The fourth-order valence-corrected chi connectivity index (χ4v) is 3.80. The fraction of sp³-hybridized carbons (Fsp3) is 0.375. The highest BCUT2D eigenvalue weighted by molar-refractivity contribution is 7.22. The van der Waals surface area contributed by atoms with Crippen LogP contribution in [0.25, 0.3) is 10.1 Å². The second-order valence-electron chi connectivity index (χ2n) is 6.08. The van der Waals surface area contributed by atoms with Gasteiger partial charge in [0.2, 0.25) is 0 Å². The third-order valence-electron chi connectivity index (χ3n) is 2.96. The number of esters is 1. The molecule has 0 bridgehead atoms. The topological polar surface area (TPSA) is 64.6 Å². The second kappa shape index (κ2) is 7.17. The highest BCUT2D eigenvalue weighted by Crippen LogP contribution is 2.43. The van der Waals surface area contributed by atoms with Gasteiger partial charge >= 0.3 is 5.97 Å².